The lowest BCUT2D eigenvalue weighted by atomic mass is 9.97. The first-order chi connectivity index (χ1) is 6.66. The van der Waals surface area contributed by atoms with E-state index in [1.54, 1.807) is 37.3 Å². The molecule has 2 heteroatoms. The zero-order chi connectivity index (χ0) is 10.6. The molecule has 0 saturated heterocycles. The maximum absolute atomic E-state index is 11.6. The molecule has 0 saturated carbocycles. The Morgan fingerprint density at radius 3 is 2.50 bits per heavy atom. The van der Waals surface area contributed by atoms with Gasteiger partial charge in [-0.3, -0.25) is 4.79 Å². The fourth-order valence-corrected chi connectivity index (χ4v) is 1.14. The molecule has 74 valence electrons. The minimum atomic E-state index is -0.991. The highest BCUT2D eigenvalue weighted by Crippen LogP contribution is 2.11. The number of hydrogen-bond acceptors (Lipinski definition) is 2. The summed E-state index contributed by atoms with van der Waals surface area (Å²) in [6, 6.07) is 8.78. The number of ketones is 1. The number of carbonyl (C=O) groups excluding carboxylic acids is 1. The molecule has 1 aromatic carbocycles. The molecule has 0 aromatic heterocycles. The van der Waals surface area contributed by atoms with Crippen LogP contribution in [0.3, 0.4) is 0 Å². The fraction of sp³-hybridized carbons (Fsp3) is 0.250. The highest BCUT2D eigenvalue weighted by atomic mass is 16.3. The van der Waals surface area contributed by atoms with E-state index in [0.29, 0.717) is 5.56 Å². The van der Waals surface area contributed by atoms with Crippen LogP contribution in [-0.4, -0.2) is 17.0 Å². The average Bonchev–Trinajstić information content (AvgIpc) is 2.27. The van der Waals surface area contributed by atoms with Gasteiger partial charge in [-0.1, -0.05) is 43.3 Å². The SMILES string of the molecule is C=C[C@@H](C)[C@H](O)C(=O)c1ccccc1. The van der Waals surface area contributed by atoms with Crippen LogP contribution in [0.5, 0.6) is 0 Å². The number of aliphatic hydroxyl groups excluding tert-OH is 1. The molecule has 0 bridgehead atoms. The standard InChI is InChI=1S/C12H14O2/c1-3-9(2)11(13)12(14)10-7-5-4-6-8-10/h3-9,11,13H,1H2,2H3/t9-,11+/m1/s1. The second-order valence-corrected chi connectivity index (χ2v) is 3.27. The Bertz CT molecular complexity index is 316. The fourth-order valence-electron chi connectivity index (χ4n) is 1.14. The Kier molecular flexibility index (Phi) is 3.60. The van der Waals surface area contributed by atoms with Crippen LogP contribution in [0.15, 0.2) is 43.0 Å². The normalized spacial score (nSPS) is 14.4. The van der Waals surface area contributed by atoms with Gasteiger partial charge >= 0.3 is 0 Å². The molecule has 0 aliphatic carbocycles. The molecule has 1 rings (SSSR count). The summed E-state index contributed by atoms with van der Waals surface area (Å²) in [7, 11) is 0. The number of rotatable bonds is 4. The van der Waals surface area contributed by atoms with Gasteiger partial charge < -0.3 is 5.11 Å². The van der Waals surface area contributed by atoms with Gasteiger partial charge in [-0.25, -0.2) is 0 Å². The van der Waals surface area contributed by atoms with Crippen molar-refractivity contribution in [3.63, 3.8) is 0 Å². The van der Waals surface area contributed by atoms with E-state index in [4.69, 9.17) is 0 Å². The van der Waals surface area contributed by atoms with E-state index in [2.05, 4.69) is 6.58 Å². The third-order valence-corrected chi connectivity index (χ3v) is 2.20. The van der Waals surface area contributed by atoms with Crippen LogP contribution in [-0.2, 0) is 0 Å². The topological polar surface area (TPSA) is 37.3 Å². The lowest BCUT2D eigenvalue weighted by Gasteiger charge is -2.13. The molecule has 1 N–H and O–H groups in total. The molecule has 0 aliphatic heterocycles. The third-order valence-electron chi connectivity index (χ3n) is 2.20. The molecule has 2 nitrogen and oxygen atoms in total. The average molecular weight is 190 g/mol. The van der Waals surface area contributed by atoms with E-state index in [1.165, 1.54) is 0 Å². The molecule has 0 fully saturated rings. The second-order valence-electron chi connectivity index (χ2n) is 3.27. The molecule has 0 heterocycles. The van der Waals surface area contributed by atoms with Crippen LogP contribution in [0.4, 0.5) is 0 Å². The minimum absolute atomic E-state index is 0.220. The summed E-state index contributed by atoms with van der Waals surface area (Å²) in [6.45, 7) is 5.31. The quantitative estimate of drug-likeness (QED) is 0.582. The van der Waals surface area contributed by atoms with E-state index in [9.17, 15) is 9.90 Å². The van der Waals surface area contributed by atoms with E-state index < -0.39 is 6.10 Å². The lowest BCUT2D eigenvalue weighted by molar-refractivity contribution is 0.0676. The minimum Gasteiger partial charge on any atom is -0.384 e. The molecule has 14 heavy (non-hydrogen) atoms. The van der Waals surface area contributed by atoms with Crippen LogP contribution in [0.2, 0.25) is 0 Å². The van der Waals surface area contributed by atoms with Crippen molar-refractivity contribution >= 4 is 5.78 Å². The summed E-state index contributed by atoms with van der Waals surface area (Å²) in [6.07, 6.45) is 0.584. The van der Waals surface area contributed by atoms with Gasteiger partial charge in [-0.05, 0) is 0 Å². The molecule has 0 radical (unpaired) electrons. The van der Waals surface area contributed by atoms with Crippen LogP contribution >= 0.6 is 0 Å². The Morgan fingerprint density at radius 2 is 2.00 bits per heavy atom. The van der Waals surface area contributed by atoms with Crippen molar-refractivity contribution in [1.82, 2.24) is 0 Å². The number of hydrogen-bond donors (Lipinski definition) is 1. The molecule has 0 aliphatic rings. The summed E-state index contributed by atoms with van der Waals surface area (Å²) in [5.41, 5.74) is 0.536. The molecule has 2 atom stereocenters. The van der Waals surface area contributed by atoms with Crippen molar-refractivity contribution in [2.75, 3.05) is 0 Å². The summed E-state index contributed by atoms with van der Waals surface area (Å²) in [4.78, 5) is 11.6. The van der Waals surface area contributed by atoms with E-state index in [-0.39, 0.29) is 11.7 Å². The van der Waals surface area contributed by atoms with Gasteiger partial charge in [-0.15, -0.1) is 6.58 Å². The van der Waals surface area contributed by atoms with Crippen molar-refractivity contribution in [1.29, 1.82) is 0 Å². The van der Waals surface area contributed by atoms with Crippen LogP contribution in [0, 0.1) is 5.92 Å². The molecule has 0 unspecified atom stereocenters. The van der Waals surface area contributed by atoms with Gasteiger partial charge in [0.15, 0.2) is 5.78 Å². The molecular weight excluding hydrogens is 176 g/mol. The first kappa shape index (κ1) is 10.7. The zero-order valence-corrected chi connectivity index (χ0v) is 8.18. The predicted octanol–water partition coefficient (Wildman–Crippen LogP) is 2.05. The Labute approximate surface area is 83.9 Å². The highest BCUT2D eigenvalue weighted by Gasteiger charge is 2.20. The summed E-state index contributed by atoms with van der Waals surface area (Å²) in [5.74, 6) is -0.472. The van der Waals surface area contributed by atoms with Crippen LogP contribution in [0.1, 0.15) is 17.3 Å². The van der Waals surface area contributed by atoms with Gasteiger partial charge in [0.25, 0.3) is 0 Å². The Hall–Kier alpha value is -1.41. The van der Waals surface area contributed by atoms with Gasteiger partial charge in [0.05, 0.1) is 0 Å². The van der Waals surface area contributed by atoms with E-state index >= 15 is 0 Å². The van der Waals surface area contributed by atoms with Crippen LogP contribution in [0.25, 0.3) is 0 Å². The van der Waals surface area contributed by atoms with Gasteiger partial charge in [-0.2, -0.15) is 0 Å². The molecular formula is C12H14O2. The zero-order valence-electron chi connectivity index (χ0n) is 8.18. The lowest BCUT2D eigenvalue weighted by Crippen LogP contribution is -2.26. The number of benzene rings is 1. The van der Waals surface area contributed by atoms with E-state index in [0.717, 1.165) is 0 Å². The van der Waals surface area contributed by atoms with Crippen molar-refractivity contribution in [3.8, 4) is 0 Å². The molecule has 0 amide bonds. The first-order valence-corrected chi connectivity index (χ1v) is 4.56. The predicted molar refractivity (Wildman–Crippen MR) is 56.1 cm³/mol. The summed E-state index contributed by atoms with van der Waals surface area (Å²) in [5, 5.41) is 9.62. The molecule has 1 aromatic rings. The maximum atomic E-state index is 11.6. The number of carbonyl (C=O) groups is 1. The smallest absolute Gasteiger partial charge is 0.191 e. The summed E-state index contributed by atoms with van der Waals surface area (Å²) < 4.78 is 0. The van der Waals surface area contributed by atoms with Crippen LogP contribution < -0.4 is 0 Å². The largest absolute Gasteiger partial charge is 0.384 e. The Balaban J connectivity index is 2.81. The van der Waals surface area contributed by atoms with Gasteiger partial charge in [0.2, 0.25) is 0 Å². The van der Waals surface area contributed by atoms with Gasteiger partial charge in [0.1, 0.15) is 6.10 Å². The van der Waals surface area contributed by atoms with Gasteiger partial charge in [0, 0.05) is 11.5 Å². The van der Waals surface area contributed by atoms with E-state index in [1.807, 2.05) is 6.07 Å². The van der Waals surface area contributed by atoms with Crippen molar-refractivity contribution < 1.29 is 9.90 Å². The maximum Gasteiger partial charge on any atom is 0.191 e. The number of aliphatic hydroxyl groups is 1. The summed E-state index contributed by atoms with van der Waals surface area (Å²) >= 11 is 0. The monoisotopic (exact) mass is 190 g/mol. The Morgan fingerprint density at radius 1 is 1.43 bits per heavy atom. The molecule has 0 spiro atoms. The highest BCUT2D eigenvalue weighted by molar-refractivity contribution is 5.99. The third kappa shape index (κ3) is 2.30. The van der Waals surface area contributed by atoms with Crippen molar-refractivity contribution in [3.05, 3.63) is 48.6 Å². The first-order valence-electron chi connectivity index (χ1n) is 4.56. The van der Waals surface area contributed by atoms with Crippen molar-refractivity contribution in [2.24, 2.45) is 5.92 Å². The number of Topliss-reactive ketones (excluding diaryl/α,β-unsaturated/α-hetero) is 1. The second kappa shape index (κ2) is 4.72. The van der Waals surface area contributed by atoms with Crippen molar-refractivity contribution in [2.45, 2.75) is 13.0 Å².